The first-order chi connectivity index (χ1) is 8.88. The molecule has 0 atom stereocenters. The largest absolute Gasteiger partial charge is 0.335 e. The van der Waals surface area contributed by atoms with Crippen LogP contribution in [0.3, 0.4) is 0 Å². The first-order valence-electron chi connectivity index (χ1n) is 5.71. The van der Waals surface area contributed by atoms with E-state index < -0.39 is 17.5 Å². The third-order valence-electron chi connectivity index (χ3n) is 2.59. The predicted octanol–water partition coefficient (Wildman–Crippen LogP) is 3.38. The van der Waals surface area contributed by atoms with Crippen molar-refractivity contribution in [2.75, 3.05) is 6.54 Å². The van der Waals surface area contributed by atoms with Crippen molar-refractivity contribution in [1.82, 2.24) is 4.90 Å². The van der Waals surface area contributed by atoms with Crippen LogP contribution in [0.2, 0.25) is 5.02 Å². The summed E-state index contributed by atoms with van der Waals surface area (Å²) in [7, 11) is 0. The quantitative estimate of drug-likeness (QED) is 0.797. The SMILES string of the molecule is CC(C)N(CCC#N)C(=O)c1cc(F)c(Cl)cc1F. The summed E-state index contributed by atoms with van der Waals surface area (Å²) in [5.74, 6) is -2.38. The summed E-state index contributed by atoms with van der Waals surface area (Å²) in [6, 6.07) is 3.24. The molecule has 0 saturated heterocycles. The molecule has 1 rings (SSSR count). The molecule has 19 heavy (non-hydrogen) atoms. The zero-order valence-electron chi connectivity index (χ0n) is 10.6. The fraction of sp³-hybridized carbons (Fsp3) is 0.385. The maximum absolute atomic E-state index is 13.7. The van der Waals surface area contributed by atoms with Gasteiger partial charge in [-0.25, -0.2) is 8.78 Å². The number of hydrogen-bond donors (Lipinski definition) is 0. The number of nitriles is 1. The minimum atomic E-state index is -0.876. The van der Waals surface area contributed by atoms with Crippen LogP contribution < -0.4 is 0 Å². The van der Waals surface area contributed by atoms with E-state index in [0.29, 0.717) is 0 Å². The first kappa shape index (κ1) is 15.4. The number of nitrogens with zero attached hydrogens (tertiary/aromatic N) is 2. The third kappa shape index (κ3) is 3.65. The molecule has 0 bridgehead atoms. The van der Waals surface area contributed by atoms with Crippen LogP contribution in [0.25, 0.3) is 0 Å². The second-order valence-corrected chi connectivity index (χ2v) is 4.65. The number of benzene rings is 1. The van der Waals surface area contributed by atoms with Gasteiger partial charge in [-0.2, -0.15) is 5.26 Å². The summed E-state index contributed by atoms with van der Waals surface area (Å²) in [6.45, 7) is 3.63. The number of hydrogen-bond acceptors (Lipinski definition) is 2. The minimum Gasteiger partial charge on any atom is -0.335 e. The van der Waals surface area contributed by atoms with E-state index in [1.165, 1.54) is 4.90 Å². The Morgan fingerprint density at radius 1 is 1.42 bits per heavy atom. The lowest BCUT2D eigenvalue weighted by atomic mass is 10.1. The van der Waals surface area contributed by atoms with Crippen LogP contribution in [-0.4, -0.2) is 23.4 Å². The molecule has 0 aliphatic rings. The molecule has 0 heterocycles. The fourth-order valence-corrected chi connectivity index (χ4v) is 1.76. The average molecular weight is 287 g/mol. The molecule has 0 unspecified atom stereocenters. The molecule has 1 aromatic carbocycles. The first-order valence-corrected chi connectivity index (χ1v) is 6.08. The van der Waals surface area contributed by atoms with Crippen molar-refractivity contribution in [1.29, 1.82) is 5.26 Å². The van der Waals surface area contributed by atoms with Gasteiger partial charge in [0.25, 0.3) is 5.91 Å². The van der Waals surface area contributed by atoms with Crippen LogP contribution in [0.15, 0.2) is 12.1 Å². The van der Waals surface area contributed by atoms with Gasteiger partial charge in [0.15, 0.2) is 0 Å². The zero-order valence-corrected chi connectivity index (χ0v) is 11.3. The maximum Gasteiger partial charge on any atom is 0.257 e. The van der Waals surface area contributed by atoms with Gasteiger partial charge >= 0.3 is 0 Å². The van der Waals surface area contributed by atoms with Crippen molar-refractivity contribution in [3.05, 3.63) is 34.4 Å². The van der Waals surface area contributed by atoms with E-state index in [-0.39, 0.29) is 29.6 Å². The van der Waals surface area contributed by atoms with Gasteiger partial charge in [0, 0.05) is 12.6 Å². The smallest absolute Gasteiger partial charge is 0.257 e. The molecule has 3 nitrogen and oxygen atoms in total. The number of halogens is 3. The van der Waals surface area contributed by atoms with Crippen molar-refractivity contribution in [2.45, 2.75) is 26.3 Å². The molecule has 102 valence electrons. The van der Waals surface area contributed by atoms with E-state index in [1.54, 1.807) is 13.8 Å². The molecule has 1 amide bonds. The lowest BCUT2D eigenvalue weighted by Gasteiger charge is -2.26. The van der Waals surface area contributed by atoms with Crippen molar-refractivity contribution in [2.24, 2.45) is 0 Å². The Morgan fingerprint density at radius 3 is 2.58 bits per heavy atom. The highest BCUT2D eigenvalue weighted by Crippen LogP contribution is 2.21. The third-order valence-corrected chi connectivity index (χ3v) is 2.88. The Hall–Kier alpha value is -1.67. The number of amides is 1. The maximum atomic E-state index is 13.7. The second-order valence-electron chi connectivity index (χ2n) is 4.25. The van der Waals surface area contributed by atoms with E-state index in [4.69, 9.17) is 16.9 Å². The van der Waals surface area contributed by atoms with Crippen molar-refractivity contribution in [3.8, 4) is 6.07 Å². The van der Waals surface area contributed by atoms with Crippen LogP contribution in [-0.2, 0) is 0 Å². The van der Waals surface area contributed by atoms with Crippen LogP contribution in [0.1, 0.15) is 30.6 Å². The molecule has 0 fully saturated rings. The number of carbonyl (C=O) groups excluding carboxylic acids is 1. The summed E-state index contributed by atoms with van der Waals surface area (Å²) >= 11 is 5.43. The molecular weight excluding hydrogens is 274 g/mol. The van der Waals surface area contributed by atoms with Crippen LogP contribution in [0.4, 0.5) is 8.78 Å². The molecule has 1 aromatic rings. The molecule has 0 aromatic heterocycles. The van der Waals surface area contributed by atoms with Gasteiger partial charge in [0.2, 0.25) is 0 Å². The average Bonchev–Trinajstić information content (AvgIpc) is 2.33. The van der Waals surface area contributed by atoms with Crippen molar-refractivity contribution < 1.29 is 13.6 Å². The van der Waals surface area contributed by atoms with E-state index >= 15 is 0 Å². The summed E-state index contributed by atoms with van der Waals surface area (Å²) in [5.41, 5.74) is -0.381. The Bertz CT molecular complexity index is 526. The summed E-state index contributed by atoms with van der Waals surface area (Å²) in [4.78, 5) is 13.5. The Morgan fingerprint density at radius 2 is 2.05 bits per heavy atom. The molecular formula is C13H13ClF2N2O. The Labute approximate surface area is 115 Å². The zero-order chi connectivity index (χ0) is 14.6. The van der Waals surface area contributed by atoms with Gasteiger partial charge in [-0.3, -0.25) is 4.79 Å². The second kappa shape index (κ2) is 6.48. The highest BCUT2D eigenvalue weighted by Gasteiger charge is 2.23. The molecule has 0 saturated carbocycles. The summed E-state index contributed by atoms with van der Waals surface area (Å²) < 4.78 is 27.0. The highest BCUT2D eigenvalue weighted by atomic mass is 35.5. The normalized spacial score (nSPS) is 10.4. The van der Waals surface area contributed by atoms with E-state index in [1.807, 2.05) is 6.07 Å². The molecule has 0 radical (unpaired) electrons. The van der Waals surface area contributed by atoms with E-state index in [0.717, 1.165) is 12.1 Å². The molecule has 0 aliphatic heterocycles. The molecule has 0 aliphatic carbocycles. The molecule has 0 N–H and O–H groups in total. The van der Waals surface area contributed by atoms with Gasteiger partial charge in [0.05, 0.1) is 23.1 Å². The van der Waals surface area contributed by atoms with Gasteiger partial charge in [0.1, 0.15) is 11.6 Å². The minimum absolute atomic E-state index is 0.127. The Balaban J connectivity index is 3.10. The van der Waals surface area contributed by atoms with Gasteiger partial charge < -0.3 is 4.90 Å². The van der Waals surface area contributed by atoms with Crippen LogP contribution in [0.5, 0.6) is 0 Å². The van der Waals surface area contributed by atoms with Gasteiger partial charge in [-0.15, -0.1) is 0 Å². The van der Waals surface area contributed by atoms with Crippen molar-refractivity contribution in [3.63, 3.8) is 0 Å². The number of rotatable bonds is 4. The monoisotopic (exact) mass is 286 g/mol. The summed E-state index contributed by atoms with van der Waals surface area (Å²) in [6.07, 6.45) is 0.127. The lowest BCUT2D eigenvalue weighted by Crippen LogP contribution is -2.38. The number of carbonyl (C=O) groups is 1. The fourth-order valence-electron chi connectivity index (χ4n) is 1.61. The predicted molar refractivity (Wildman–Crippen MR) is 67.8 cm³/mol. The molecule has 6 heteroatoms. The van der Waals surface area contributed by atoms with E-state index in [9.17, 15) is 13.6 Å². The van der Waals surface area contributed by atoms with Crippen LogP contribution >= 0.6 is 11.6 Å². The topological polar surface area (TPSA) is 44.1 Å². The lowest BCUT2D eigenvalue weighted by molar-refractivity contribution is 0.0705. The standard InChI is InChI=1S/C13H13ClF2N2O/c1-8(2)18(5-3-4-17)13(19)9-6-12(16)10(14)7-11(9)15/h6-8H,3,5H2,1-2H3. The van der Waals surface area contributed by atoms with Gasteiger partial charge in [-0.05, 0) is 26.0 Å². The van der Waals surface area contributed by atoms with Gasteiger partial charge in [-0.1, -0.05) is 11.6 Å². The Kier molecular flexibility index (Phi) is 5.25. The van der Waals surface area contributed by atoms with Crippen LogP contribution in [0, 0.1) is 23.0 Å². The molecule has 0 spiro atoms. The van der Waals surface area contributed by atoms with Crippen molar-refractivity contribution >= 4 is 17.5 Å². The van der Waals surface area contributed by atoms with E-state index in [2.05, 4.69) is 0 Å². The summed E-state index contributed by atoms with van der Waals surface area (Å²) in [5, 5.41) is 8.17. The highest BCUT2D eigenvalue weighted by molar-refractivity contribution is 6.30.